The number of hydrogen-bond acceptors (Lipinski definition) is 8. The summed E-state index contributed by atoms with van der Waals surface area (Å²) in [6.07, 6.45) is 0.825. The Hall–Kier alpha value is -3.24. The van der Waals surface area contributed by atoms with Gasteiger partial charge in [-0.15, -0.1) is 0 Å². The van der Waals surface area contributed by atoms with Gasteiger partial charge in [0.05, 0.1) is 6.61 Å². The number of nitrogens with one attached hydrogen (secondary N) is 1. The molecule has 1 aromatic heterocycles. The molecule has 0 radical (unpaired) electrons. The molecule has 8 nitrogen and oxygen atoms in total. The lowest BCUT2D eigenvalue weighted by Crippen LogP contribution is -2.32. The maximum atomic E-state index is 13.1. The first kappa shape index (κ1) is 22.9. The zero-order valence-corrected chi connectivity index (χ0v) is 19.1. The maximum Gasteiger partial charge on any atom is 0.231 e. The predicted octanol–water partition coefficient (Wildman–Crippen LogP) is 3.16. The van der Waals surface area contributed by atoms with Gasteiger partial charge in [0.1, 0.15) is 11.6 Å². The fourth-order valence-corrected chi connectivity index (χ4v) is 4.05. The molecule has 0 aliphatic carbocycles. The van der Waals surface area contributed by atoms with Gasteiger partial charge in [-0.25, -0.2) is 9.37 Å². The van der Waals surface area contributed by atoms with E-state index >= 15 is 0 Å². The average Bonchev–Trinajstić information content (AvgIpc) is 3.48. The van der Waals surface area contributed by atoms with Crippen molar-refractivity contribution in [2.24, 2.45) is 0 Å². The van der Waals surface area contributed by atoms with E-state index in [9.17, 15) is 9.18 Å². The summed E-state index contributed by atoms with van der Waals surface area (Å²) >= 11 is 1.28. The van der Waals surface area contributed by atoms with E-state index in [4.69, 9.17) is 14.2 Å². The summed E-state index contributed by atoms with van der Waals surface area (Å²) in [4.78, 5) is 19.1. The van der Waals surface area contributed by atoms with Crippen LogP contribution in [-0.2, 0) is 22.5 Å². The van der Waals surface area contributed by atoms with Crippen molar-refractivity contribution in [1.82, 2.24) is 14.7 Å². The topological polar surface area (TPSA) is 85.8 Å². The molecule has 1 N–H and O–H groups in total. The molecule has 2 heterocycles. The molecule has 0 fully saturated rings. The second-order valence-corrected chi connectivity index (χ2v) is 8.22. The number of halogens is 1. The number of hydrogen-bond donors (Lipinski definition) is 1. The fraction of sp³-hybridized carbons (Fsp3) is 0.348. The molecule has 174 valence electrons. The molecular formula is C23H25FN4O4S. The van der Waals surface area contributed by atoms with Crippen LogP contribution in [0.4, 0.5) is 9.52 Å². The summed E-state index contributed by atoms with van der Waals surface area (Å²) in [7, 11) is 1.64. The Morgan fingerprint density at radius 1 is 1.15 bits per heavy atom. The van der Waals surface area contributed by atoms with Crippen molar-refractivity contribution in [2.45, 2.75) is 19.4 Å². The molecule has 4 rings (SSSR count). The molecule has 0 unspecified atom stereocenters. The number of benzene rings is 2. The number of nitrogens with zero attached hydrogens (tertiary/aromatic N) is 3. The smallest absolute Gasteiger partial charge is 0.231 e. The Labute approximate surface area is 195 Å². The zero-order valence-electron chi connectivity index (χ0n) is 18.3. The molecule has 1 amide bonds. The number of aromatic nitrogens is 2. The van der Waals surface area contributed by atoms with Crippen molar-refractivity contribution in [1.29, 1.82) is 0 Å². The molecule has 0 saturated heterocycles. The molecule has 0 saturated carbocycles. The lowest BCUT2D eigenvalue weighted by molar-refractivity contribution is -0.121. The van der Waals surface area contributed by atoms with Crippen LogP contribution in [0.1, 0.15) is 23.4 Å². The van der Waals surface area contributed by atoms with Gasteiger partial charge in [0.25, 0.3) is 0 Å². The minimum Gasteiger partial charge on any atom is -0.454 e. The Balaban J connectivity index is 1.30. The predicted molar refractivity (Wildman–Crippen MR) is 122 cm³/mol. The minimum atomic E-state index is -0.270. The van der Waals surface area contributed by atoms with Crippen LogP contribution in [0.15, 0.2) is 42.5 Å². The highest BCUT2D eigenvalue weighted by molar-refractivity contribution is 7.09. The first-order valence-electron chi connectivity index (χ1n) is 10.6. The van der Waals surface area contributed by atoms with Gasteiger partial charge in [-0.1, -0.05) is 18.2 Å². The van der Waals surface area contributed by atoms with Crippen LogP contribution in [0, 0.1) is 5.82 Å². The summed E-state index contributed by atoms with van der Waals surface area (Å²) in [5.41, 5.74) is 1.88. The van der Waals surface area contributed by atoms with Crippen LogP contribution in [0.25, 0.3) is 0 Å². The first-order chi connectivity index (χ1) is 16.1. The van der Waals surface area contributed by atoms with Crippen molar-refractivity contribution in [2.75, 3.05) is 38.5 Å². The van der Waals surface area contributed by atoms with E-state index in [1.54, 1.807) is 19.2 Å². The normalized spacial score (nSPS) is 12.1. The van der Waals surface area contributed by atoms with E-state index in [0.29, 0.717) is 50.7 Å². The Bertz CT molecular complexity index is 1080. The number of ether oxygens (including phenoxy) is 3. The molecule has 0 spiro atoms. The summed E-state index contributed by atoms with van der Waals surface area (Å²) in [6, 6.07) is 11.9. The minimum absolute atomic E-state index is 0.0638. The number of rotatable bonds is 11. The Kier molecular flexibility index (Phi) is 7.69. The highest BCUT2D eigenvalue weighted by atomic mass is 32.1. The maximum absolute atomic E-state index is 13.1. The van der Waals surface area contributed by atoms with E-state index in [0.717, 1.165) is 22.0 Å². The van der Waals surface area contributed by atoms with E-state index in [1.807, 2.05) is 23.1 Å². The van der Waals surface area contributed by atoms with Crippen LogP contribution in [0.2, 0.25) is 0 Å². The number of anilines is 1. The third-order valence-electron chi connectivity index (χ3n) is 5.10. The standard InChI is InChI=1S/C23H25FN4O4S/c1-30-11-10-28(23-26-21(27-33-23)13-16-2-5-18(24)6-3-16)9-8-22(29)25-14-17-4-7-19-20(12-17)32-15-31-19/h2-7,12H,8-11,13-15H2,1H3,(H,25,29). The molecule has 2 aromatic carbocycles. The summed E-state index contributed by atoms with van der Waals surface area (Å²) in [5.74, 6) is 1.74. The Morgan fingerprint density at radius 3 is 2.76 bits per heavy atom. The molecule has 0 atom stereocenters. The number of methoxy groups -OCH3 is 1. The van der Waals surface area contributed by atoms with Gasteiger partial charge in [-0.05, 0) is 35.4 Å². The second kappa shape index (κ2) is 11.1. The molecule has 1 aliphatic heterocycles. The number of carbonyl (C=O) groups is 1. The molecule has 1 aliphatic rings. The van der Waals surface area contributed by atoms with Crippen molar-refractivity contribution < 1.29 is 23.4 Å². The highest BCUT2D eigenvalue weighted by Crippen LogP contribution is 2.32. The van der Waals surface area contributed by atoms with Crippen LogP contribution >= 0.6 is 11.5 Å². The van der Waals surface area contributed by atoms with Crippen LogP contribution in [-0.4, -0.2) is 48.9 Å². The molecule has 10 heteroatoms. The quantitative estimate of drug-likeness (QED) is 0.459. The lowest BCUT2D eigenvalue weighted by atomic mass is 10.1. The van der Waals surface area contributed by atoms with E-state index < -0.39 is 0 Å². The van der Waals surface area contributed by atoms with Gasteiger partial charge in [-0.3, -0.25) is 4.79 Å². The zero-order chi connectivity index (χ0) is 23.0. The highest BCUT2D eigenvalue weighted by Gasteiger charge is 2.16. The molecule has 0 bridgehead atoms. The third kappa shape index (κ3) is 6.39. The fourth-order valence-electron chi connectivity index (χ4n) is 3.31. The van der Waals surface area contributed by atoms with Crippen LogP contribution in [0.5, 0.6) is 11.5 Å². The first-order valence-corrected chi connectivity index (χ1v) is 11.3. The van der Waals surface area contributed by atoms with Gasteiger partial charge in [0.2, 0.25) is 17.8 Å². The summed E-state index contributed by atoms with van der Waals surface area (Å²) in [5, 5.41) is 3.67. The van der Waals surface area contributed by atoms with Gasteiger partial charge < -0.3 is 24.4 Å². The largest absolute Gasteiger partial charge is 0.454 e. The summed E-state index contributed by atoms with van der Waals surface area (Å²) in [6.45, 7) is 2.22. The van der Waals surface area contributed by atoms with Crippen molar-refractivity contribution in [3.05, 3.63) is 65.2 Å². The van der Waals surface area contributed by atoms with E-state index in [-0.39, 0.29) is 18.5 Å². The van der Waals surface area contributed by atoms with Gasteiger partial charge in [0, 0.05) is 51.1 Å². The van der Waals surface area contributed by atoms with E-state index in [2.05, 4.69) is 14.7 Å². The molecule has 3 aromatic rings. The average molecular weight is 473 g/mol. The van der Waals surface area contributed by atoms with Crippen molar-refractivity contribution in [3.8, 4) is 11.5 Å². The van der Waals surface area contributed by atoms with Gasteiger partial charge >= 0.3 is 0 Å². The molecular weight excluding hydrogens is 447 g/mol. The van der Waals surface area contributed by atoms with Gasteiger partial charge in [0.15, 0.2) is 11.5 Å². The number of fused-ring (bicyclic) bond motifs is 1. The number of carbonyl (C=O) groups excluding carboxylic acids is 1. The monoisotopic (exact) mass is 472 g/mol. The second-order valence-electron chi connectivity index (χ2n) is 7.49. The van der Waals surface area contributed by atoms with E-state index in [1.165, 1.54) is 23.7 Å². The lowest BCUT2D eigenvalue weighted by Gasteiger charge is -2.20. The number of amides is 1. The van der Waals surface area contributed by atoms with Crippen LogP contribution < -0.4 is 19.7 Å². The Morgan fingerprint density at radius 2 is 1.94 bits per heavy atom. The van der Waals surface area contributed by atoms with Crippen LogP contribution in [0.3, 0.4) is 0 Å². The summed E-state index contributed by atoms with van der Waals surface area (Å²) < 4.78 is 33.4. The SMILES string of the molecule is COCCN(CCC(=O)NCc1ccc2c(c1)OCO2)c1nc(Cc2ccc(F)cc2)ns1. The van der Waals surface area contributed by atoms with Gasteiger partial charge in [-0.2, -0.15) is 4.37 Å². The van der Waals surface area contributed by atoms with Crippen molar-refractivity contribution in [3.63, 3.8) is 0 Å². The third-order valence-corrected chi connectivity index (χ3v) is 5.92. The molecule has 33 heavy (non-hydrogen) atoms. The van der Waals surface area contributed by atoms with Crippen molar-refractivity contribution >= 4 is 22.6 Å².